The van der Waals surface area contributed by atoms with E-state index < -0.39 is 43.7 Å². The smallest absolute Gasteiger partial charge is 0.470 e. The molecular weight excluding hydrogens is 341 g/mol. The summed E-state index contributed by atoms with van der Waals surface area (Å²) in [6, 6.07) is 0. The number of nitrogens with one attached hydrogen (secondary N) is 1. The summed E-state index contributed by atoms with van der Waals surface area (Å²) in [5.74, 6) is -2.73. The van der Waals surface area contributed by atoms with Crippen LogP contribution in [0.4, 0.5) is 0 Å². The summed E-state index contributed by atoms with van der Waals surface area (Å²) in [7, 11) is -4.96. The number of phosphoric acid groups is 1. The van der Waals surface area contributed by atoms with E-state index in [-0.39, 0.29) is 6.54 Å². The highest BCUT2D eigenvalue weighted by Gasteiger charge is 2.40. The van der Waals surface area contributed by atoms with Gasteiger partial charge in [-0.2, -0.15) is 0 Å². The average molecular weight is 369 g/mol. The number of hydrogen-bond acceptors (Lipinski definition) is 5. The molecule has 24 heavy (non-hydrogen) atoms. The molecular formula is C14H28NO8P. The fourth-order valence-electron chi connectivity index (χ4n) is 2.04. The SMILES string of the molecule is CCCCCC(CNC(=O)C(OP(=O)(O)O)C(C)(C)CO)C(=O)O. The van der Waals surface area contributed by atoms with E-state index in [9.17, 15) is 19.3 Å². The van der Waals surface area contributed by atoms with Crippen LogP contribution in [0.2, 0.25) is 0 Å². The van der Waals surface area contributed by atoms with Crippen LogP contribution in [0.25, 0.3) is 0 Å². The molecule has 0 fully saturated rings. The van der Waals surface area contributed by atoms with Gasteiger partial charge in [0, 0.05) is 12.0 Å². The second kappa shape index (κ2) is 10.1. The lowest BCUT2D eigenvalue weighted by molar-refractivity contribution is -0.142. The van der Waals surface area contributed by atoms with E-state index >= 15 is 0 Å². The first kappa shape index (κ1) is 23.0. The van der Waals surface area contributed by atoms with Gasteiger partial charge in [-0.15, -0.1) is 0 Å². The molecule has 0 radical (unpaired) electrons. The standard InChI is InChI=1S/C14H28NO8P/c1-4-5-6-7-10(13(18)19)8-15-12(17)11(14(2,3)9-16)23-24(20,21)22/h10-11,16H,4-9H2,1-3H3,(H,15,17)(H,18,19)(H2,20,21,22). The quantitative estimate of drug-likeness (QED) is 0.251. The molecule has 0 aliphatic carbocycles. The Labute approximate surface area is 141 Å². The first-order chi connectivity index (χ1) is 10.9. The molecule has 0 rings (SSSR count). The molecule has 0 aliphatic rings. The maximum atomic E-state index is 12.2. The van der Waals surface area contributed by atoms with Crippen molar-refractivity contribution in [1.29, 1.82) is 0 Å². The van der Waals surface area contributed by atoms with Crippen molar-refractivity contribution in [3.05, 3.63) is 0 Å². The fourth-order valence-corrected chi connectivity index (χ4v) is 2.69. The predicted molar refractivity (Wildman–Crippen MR) is 86.1 cm³/mol. The van der Waals surface area contributed by atoms with Crippen molar-refractivity contribution in [1.82, 2.24) is 5.32 Å². The lowest BCUT2D eigenvalue weighted by Crippen LogP contribution is -2.48. The van der Waals surface area contributed by atoms with Crippen LogP contribution in [0, 0.1) is 11.3 Å². The summed E-state index contributed by atoms with van der Waals surface area (Å²) in [5, 5.41) is 20.8. The maximum absolute atomic E-state index is 12.2. The zero-order valence-corrected chi connectivity index (χ0v) is 15.2. The van der Waals surface area contributed by atoms with Crippen LogP contribution in [0.3, 0.4) is 0 Å². The van der Waals surface area contributed by atoms with Crippen molar-refractivity contribution >= 4 is 19.7 Å². The number of carboxylic acids is 1. The number of aliphatic carboxylic acids is 1. The zero-order valence-electron chi connectivity index (χ0n) is 14.3. The second-order valence-electron chi connectivity index (χ2n) is 6.40. The topological polar surface area (TPSA) is 153 Å². The number of carbonyl (C=O) groups excluding carboxylic acids is 1. The Morgan fingerprint density at radius 3 is 2.25 bits per heavy atom. The minimum absolute atomic E-state index is 0.180. The van der Waals surface area contributed by atoms with E-state index in [1.807, 2.05) is 6.92 Å². The molecule has 10 heteroatoms. The van der Waals surface area contributed by atoms with Crippen LogP contribution in [-0.4, -0.2) is 51.1 Å². The van der Waals surface area contributed by atoms with Gasteiger partial charge in [0.2, 0.25) is 5.91 Å². The molecule has 0 saturated carbocycles. The molecule has 0 bridgehead atoms. The van der Waals surface area contributed by atoms with E-state index in [4.69, 9.17) is 14.9 Å². The Hall–Kier alpha value is -0.990. The lowest BCUT2D eigenvalue weighted by Gasteiger charge is -2.31. The van der Waals surface area contributed by atoms with E-state index in [2.05, 4.69) is 9.84 Å². The monoisotopic (exact) mass is 369 g/mol. The van der Waals surface area contributed by atoms with Gasteiger partial charge in [-0.3, -0.25) is 14.1 Å². The third kappa shape index (κ3) is 8.75. The zero-order chi connectivity index (χ0) is 19.0. The van der Waals surface area contributed by atoms with E-state index in [1.165, 1.54) is 13.8 Å². The van der Waals surface area contributed by atoms with Crippen LogP contribution in [-0.2, 0) is 18.7 Å². The Morgan fingerprint density at radius 2 is 1.83 bits per heavy atom. The molecule has 0 aromatic carbocycles. The number of carbonyl (C=O) groups is 2. The number of carboxylic acid groups (broad SMARTS) is 1. The van der Waals surface area contributed by atoms with Crippen LogP contribution in [0.15, 0.2) is 0 Å². The minimum Gasteiger partial charge on any atom is -0.481 e. The highest BCUT2D eigenvalue weighted by Crippen LogP contribution is 2.41. The van der Waals surface area contributed by atoms with Crippen LogP contribution >= 0.6 is 7.82 Å². The number of unbranched alkanes of at least 4 members (excludes halogenated alkanes) is 2. The van der Waals surface area contributed by atoms with Crippen LogP contribution < -0.4 is 5.32 Å². The third-order valence-corrected chi connectivity index (χ3v) is 4.11. The average Bonchev–Trinajstić information content (AvgIpc) is 2.46. The first-order valence-electron chi connectivity index (χ1n) is 7.80. The number of aliphatic hydroxyl groups is 1. The van der Waals surface area contributed by atoms with Gasteiger partial charge in [0.25, 0.3) is 0 Å². The molecule has 0 aromatic rings. The summed E-state index contributed by atoms with van der Waals surface area (Å²) in [6.07, 6.45) is 1.28. The minimum atomic E-state index is -4.96. The van der Waals surface area contributed by atoms with Crippen LogP contribution in [0.5, 0.6) is 0 Å². The molecule has 0 aliphatic heterocycles. The molecule has 5 N–H and O–H groups in total. The van der Waals surface area contributed by atoms with E-state index in [0.717, 1.165) is 12.8 Å². The molecule has 1 amide bonds. The van der Waals surface area contributed by atoms with Gasteiger partial charge in [0.15, 0.2) is 6.10 Å². The summed E-state index contributed by atoms with van der Waals surface area (Å²) >= 11 is 0. The lowest BCUT2D eigenvalue weighted by atomic mass is 9.87. The number of hydrogen-bond donors (Lipinski definition) is 5. The van der Waals surface area contributed by atoms with E-state index in [1.54, 1.807) is 0 Å². The summed E-state index contributed by atoms with van der Waals surface area (Å²) in [6.45, 7) is 4.06. The number of aliphatic hydroxyl groups excluding tert-OH is 1. The maximum Gasteiger partial charge on any atom is 0.470 e. The molecule has 0 heterocycles. The van der Waals surface area contributed by atoms with Crippen LogP contribution in [0.1, 0.15) is 46.5 Å². The number of phosphoric ester groups is 1. The number of amides is 1. The highest BCUT2D eigenvalue weighted by atomic mass is 31.2. The van der Waals surface area contributed by atoms with Gasteiger partial charge in [0.1, 0.15) is 0 Å². The molecule has 2 unspecified atom stereocenters. The van der Waals surface area contributed by atoms with Crippen molar-refractivity contribution < 1.29 is 38.7 Å². The molecule has 0 spiro atoms. The van der Waals surface area contributed by atoms with Gasteiger partial charge in [0.05, 0.1) is 12.5 Å². The third-order valence-electron chi connectivity index (χ3n) is 3.63. The molecule has 0 saturated heterocycles. The Bertz CT molecular complexity index is 462. The molecule has 142 valence electrons. The number of rotatable bonds is 12. The van der Waals surface area contributed by atoms with Gasteiger partial charge in [-0.25, -0.2) is 4.57 Å². The van der Waals surface area contributed by atoms with Gasteiger partial charge < -0.3 is 25.3 Å². The Morgan fingerprint density at radius 1 is 1.25 bits per heavy atom. The Kier molecular flexibility index (Phi) is 9.69. The summed E-state index contributed by atoms with van der Waals surface area (Å²) < 4.78 is 15.5. The van der Waals surface area contributed by atoms with Gasteiger partial charge >= 0.3 is 13.8 Å². The normalized spacial score (nSPS) is 14.9. The summed E-state index contributed by atoms with van der Waals surface area (Å²) in [5.41, 5.74) is -1.26. The fraction of sp³-hybridized carbons (Fsp3) is 0.857. The largest absolute Gasteiger partial charge is 0.481 e. The van der Waals surface area contributed by atoms with Crippen molar-refractivity contribution in [3.63, 3.8) is 0 Å². The van der Waals surface area contributed by atoms with Crippen molar-refractivity contribution in [2.45, 2.75) is 52.6 Å². The second-order valence-corrected chi connectivity index (χ2v) is 7.59. The molecule has 2 atom stereocenters. The molecule has 0 aromatic heterocycles. The summed E-state index contributed by atoms with van der Waals surface area (Å²) in [4.78, 5) is 41.3. The van der Waals surface area contributed by atoms with Gasteiger partial charge in [-0.1, -0.05) is 40.0 Å². The van der Waals surface area contributed by atoms with Crippen molar-refractivity contribution in [2.24, 2.45) is 11.3 Å². The molecule has 9 nitrogen and oxygen atoms in total. The predicted octanol–water partition coefficient (Wildman–Crippen LogP) is 0.880. The van der Waals surface area contributed by atoms with E-state index in [0.29, 0.717) is 12.8 Å². The highest BCUT2D eigenvalue weighted by molar-refractivity contribution is 7.46. The van der Waals surface area contributed by atoms with Gasteiger partial charge in [-0.05, 0) is 6.42 Å². The Balaban J connectivity index is 4.91. The van der Waals surface area contributed by atoms with Crippen molar-refractivity contribution in [2.75, 3.05) is 13.2 Å². The van der Waals surface area contributed by atoms with Crippen molar-refractivity contribution in [3.8, 4) is 0 Å². The first-order valence-corrected chi connectivity index (χ1v) is 9.33.